The van der Waals surface area contributed by atoms with Gasteiger partial charge in [0.05, 0.1) is 37.8 Å². The van der Waals surface area contributed by atoms with E-state index in [1.807, 2.05) is 0 Å². The summed E-state index contributed by atoms with van der Waals surface area (Å²) in [5.41, 5.74) is 5.87. The second-order valence-corrected chi connectivity index (χ2v) is 13.3. The number of nitrogens with zero attached hydrogens (tertiary/aromatic N) is 3. The second-order valence-electron chi connectivity index (χ2n) is 9.91. The quantitative estimate of drug-likeness (QED) is 0.0753. The summed E-state index contributed by atoms with van der Waals surface area (Å²) in [6.45, 7) is 0.882. The standard InChI is InChI=1S/C27H29Br4N7O7/c1-43-22-17(30)10-27(23(39)20(22)31)11-19(38-45-27)25(41)33-4-2-6-44-21-15(28)7-13(8-16(21)29)9-18(37-42)24(40)34-5-3-14-12-35-26(32)36-14/h7-8,10,12,23,39,42H,2-6,9,11H2,1H3,(H,33,41)(H,34,40)(H3,32,35,36)/t23-,27+/m1/s1. The summed E-state index contributed by atoms with van der Waals surface area (Å²) >= 11 is 13.7. The Morgan fingerprint density at radius 2 is 1.96 bits per heavy atom. The largest absolute Gasteiger partial charge is 0.495 e. The molecule has 1 aliphatic carbocycles. The number of hydrogen-bond donors (Lipinski definition) is 6. The number of ether oxygens (including phenoxy) is 2. The number of hydrogen-bond acceptors (Lipinski definition) is 11. The van der Waals surface area contributed by atoms with Gasteiger partial charge in [-0.05, 0) is 93.9 Å². The van der Waals surface area contributed by atoms with Gasteiger partial charge in [0.1, 0.15) is 29.0 Å². The summed E-state index contributed by atoms with van der Waals surface area (Å²) in [5, 5.41) is 32.8. The van der Waals surface area contributed by atoms with E-state index in [4.69, 9.17) is 20.0 Å². The minimum Gasteiger partial charge on any atom is -0.495 e. The number of methoxy groups -OCH3 is 1. The van der Waals surface area contributed by atoms with Crippen LogP contribution in [0.25, 0.3) is 0 Å². The molecule has 2 atom stereocenters. The van der Waals surface area contributed by atoms with Crippen molar-refractivity contribution < 1.29 is 34.2 Å². The van der Waals surface area contributed by atoms with Gasteiger partial charge in [-0.15, -0.1) is 0 Å². The molecule has 1 spiro atoms. The molecule has 2 heterocycles. The maximum absolute atomic E-state index is 12.7. The zero-order valence-electron chi connectivity index (χ0n) is 23.7. The van der Waals surface area contributed by atoms with Crippen LogP contribution in [0.3, 0.4) is 0 Å². The highest BCUT2D eigenvalue weighted by molar-refractivity contribution is 9.12. The van der Waals surface area contributed by atoms with Crippen LogP contribution in [0, 0.1) is 0 Å². The maximum atomic E-state index is 12.7. The minimum absolute atomic E-state index is 0.0593. The van der Waals surface area contributed by atoms with Gasteiger partial charge in [0.2, 0.25) is 0 Å². The number of carbonyl (C=O) groups is 2. The van der Waals surface area contributed by atoms with Crippen molar-refractivity contribution in [3.8, 4) is 5.75 Å². The number of amides is 2. The van der Waals surface area contributed by atoms with E-state index >= 15 is 0 Å². The molecule has 0 unspecified atom stereocenters. The number of benzene rings is 1. The molecule has 2 aromatic rings. The van der Waals surface area contributed by atoms with E-state index < -0.39 is 23.5 Å². The Balaban J connectivity index is 1.21. The number of allylic oxidation sites excluding steroid dienone is 1. The van der Waals surface area contributed by atoms with E-state index in [0.717, 1.165) is 5.69 Å². The number of aromatic nitrogens is 2. The molecule has 2 amide bonds. The number of oxime groups is 2. The van der Waals surface area contributed by atoms with Crippen LogP contribution >= 0.6 is 63.7 Å². The first-order valence-corrected chi connectivity index (χ1v) is 16.6. The zero-order chi connectivity index (χ0) is 32.7. The Morgan fingerprint density at radius 1 is 1.22 bits per heavy atom. The lowest BCUT2D eigenvalue weighted by atomic mass is 9.87. The first-order chi connectivity index (χ1) is 21.5. The number of imidazole rings is 1. The SMILES string of the molecule is COC1=C(Br)[C@@H](O)[C@]2(C=C1Br)CC(C(=O)NCCCOc1c(Br)cc(CC(=NO)C(=O)NCCc3cnc(N)[nH]3)cc1Br)=NO2. The highest BCUT2D eigenvalue weighted by Crippen LogP contribution is 2.44. The van der Waals surface area contributed by atoms with Crippen molar-refractivity contribution in [3.63, 3.8) is 0 Å². The first-order valence-electron chi connectivity index (χ1n) is 13.4. The molecule has 0 bridgehead atoms. The van der Waals surface area contributed by atoms with Gasteiger partial charge < -0.3 is 46.0 Å². The molecule has 0 saturated heterocycles. The molecule has 45 heavy (non-hydrogen) atoms. The molecular weight excluding hydrogens is 854 g/mol. The zero-order valence-corrected chi connectivity index (χ0v) is 30.0. The lowest BCUT2D eigenvalue weighted by molar-refractivity contribution is -0.115. The molecule has 0 saturated carbocycles. The van der Waals surface area contributed by atoms with Crippen LogP contribution in [0.4, 0.5) is 5.95 Å². The molecule has 1 aromatic heterocycles. The fourth-order valence-corrected chi connectivity index (χ4v) is 7.79. The Labute approximate surface area is 291 Å². The Bertz CT molecular complexity index is 1550. The van der Waals surface area contributed by atoms with Crippen molar-refractivity contribution in [3.05, 3.63) is 59.3 Å². The molecular formula is C27H29Br4N7O7. The van der Waals surface area contributed by atoms with Gasteiger partial charge in [-0.3, -0.25) is 9.59 Å². The average Bonchev–Trinajstić information content (AvgIpc) is 3.62. The third-order valence-corrected chi connectivity index (χ3v) is 9.30. The molecule has 1 aromatic carbocycles. The fraction of sp³-hybridized carbons (Fsp3) is 0.370. The molecule has 242 valence electrons. The van der Waals surface area contributed by atoms with E-state index in [1.165, 1.54) is 7.11 Å². The number of nitrogen functional groups attached to an aromatic ring is 1. The smallest absolute Gasteiger partial charge is 0.269 e. The fourth-order valence-electron chi connectivity index (χ4n) is 4.49. The molecule has 0 fully saturated rings. The highest BCUT2D eigenvalue weighted by atomic mass is 79.9. The minimum atomic E-state index is -1.23. The van der Waals surface area contributed by atoms with Gasteiger partial charge >= 0.3 is 0 Å². The van der Waals surface area contributed by atoms with Crippen LogP contribution in [-0.2, 0) is 32.0 Å². The van der Waals surface area contributed by atoms with E-state index in [2.05, 4.69) is 94.6 Å². The van der Waals surface area contributed by atoms with Crippen LogP contribution in [0.1, 0.15) is 24.1 Å². The number of anilines is 1. The number of nitrogens with one attached hydrogen (secondary N) is 3. The summed E-state index contributed by atoms with van der Waals surface area (Å²) in [5.74, 6) is 0.339. The Kier molecular flexibility index (Phi) is 12.1. The summed E-state index contributed by atoms with van der Waals surface area (Å²) in [7, 11) is 1.48. The van der Waals surface area contributed by atoms with Crippen LogP contribution in [0.5, 0.6) is 5.75 Å². The maximum Gasteiger partial charge on any atom is 0.269 e. The molecule has 1 aliphatic heterocycles. The monoisotopic (exact) mass is 879 g/mol. The van der Waals surface area contributed by atoms with Gasteiger partial charge in [0.25, 0.3) is 11.8 Å². The predicted octanol–water partition coefficient (Wildman–Crippen LogP) is 3.55. The van der Waals surface area contributed by atoms with Crippen molar-refractivity contribution in [2.24, 2.45) is 10.3 Å². The van der Waals surface area contributed by atoms with Gasteiger partial charge in [-0.2, -0.15) is 0 Å². The Hall–Kier alpha value is -2.93. The highest BCUT2D eigenvalue weighted by Gasteiger charge is 2.50. The molecule has 14 nitrogen and oxygen atoms in total. The number of H-pyrrole nitrogens is 1. The third-order valence-electron chi connectivity index (χ3n) is 6.74. The summed E-state index contributed by atoms with van der Waals surface area (Å²) in [4.78, 5) is 37.5. The molecule has 18 heteroatoms. The molecule has 0 radical (unpaired) electrons. The Morgan fingerprint density at radius 3 is 2.60 bits per heavy atom. The number of aliphatic hydroxyl groups excluding tert-OH is 1. The van der Waals surface area contributed by atoms with E-state index in [1.54, 1.807) is 24.4 Å². The number of halogens is 4. The topological polar surface area (TPSA) is 206 Å². The van der Waals surface area contributed by atoms with Crippen molar-refractivity contribution in [1.82, 2.24) is 20.6 Å². The number of carbonyl (C=O) groups excluding carboxylic acids is 2. The van der Waals surface area contributed by atoms with Crippen molar-refractivity contribution in [2.45, 2.75) is 37.4 Å². The van der Waals surface area contributed by atoms with E-state index in [0.29, 0.717) is 66.9 Å². The predicted molar refractivity (Wildman–Crippen MR) is 179 cm³/mol. The lowest BCUT2D eigenvalue weighted by Gasteiger charge is -2.33. The molecule has 2 aliphatic rings. The number of nitrogens with two attached hydrogens (primary N) is 1. The van der Waals surface area contributed by atoms with Crippen LogP contribution in [0.15, 0.2) is 58.4 Å². The van der Waals surface area contributed by atoms with Crippen molar-refractivity contribution in [2.75, 3.05) is 32.5 Å². The van der Waals surface area contributed by atoms with Crippen molar-refractivity contribution >= 4 is 92.9 Å². The second kappa shape index (κ2) is 15.6. The molecule has 7 N–H and O–H groups in total. The lowest BCUT2D eigenvalue weighted by Crippen LogP contribution is -2.45. The third kappa shape index (κ3) is 8.46. The number of aliphatic hydroxyl groups is 1. The first kappa shape index (κ1) is 34.9. The summed E-state index contributed by atoms with van der Waals surface area (Å²) < 4.78 is 13.4. The van der Waals surface area contributed by atoms with Gasteiger partial charge in [-0.1, -0.05) is 10.3 Å². The van der Waals surface area contributed by atoms with E-state index in [9.17, 15) is 19.9 Å². The summed E-state index contributed by atoms with van der Waals surface area (Å²) in [6.07, 6.45) is 3.21. The van der Waals surface area contributed by atoms with Gasteiger partial charge in [0.15, 0.2) is 11.5 Å². The summed E-state index contributed by atoms with van der Waals surface area (Å²) in [6, 6.07) is 3.52. The van der Waals surface area contributed by atoms with Crippen LogP contribution in [0.2, 0.25) is 0 Å². The normalized spacial score (nSPS) is 19.6. The number of rotatable bonds is 13. The molecule has 4 rings (SSSR count). The van der Waals surface area contributed by atoms with Crippen LogP contribution in [-0.4, -0.2) is 82.0 Å². The van der Waals surface area contributed by atoms with Gasteiger partial charge in [-0.25, -0.2) is 4.98 Å². The number of aromatic amines is 1. The van der Waals surface area contributed by atoms with Crippen LogP contribution < -0.4 is 21.1 Å². The van der Waals surface area contributed by atoms with Gasteiger partial charge in [0, 0.05) is 38.0 Å². The van der Waals surface area contributed by atoms with E-state index in [-0.39, 0.29) is 30.9 Å². The average molecular weight is 883 g/mol. The van der Waals surface area contributed by atoms with Crippen molar-refractivity contribution in [1.29, 1.82) is 0 Å².